The van der Waals surface area contributed by atoms with Crippen molar-refractivity contribution < 1.29 is 14.3 Å². The Morgan fingerprint density at radius 1 is 1.26 bits per heavy atom. The van der Waals surface area contributed by atoms with Gasteiger partial charge >= 0.3 is 0 Å². The summed E-state index contributed by atoms with van der Waals surface area (Å²) in [4.78, 5) is 22.9. The lowest BCUT2D eigenvalue weighted by molar-refractivity contribution is -0.118. The Labute approximate surface area is 179 Å². The third-order valence-electron chi connectivity index (χ3n) is 6.18. The van der Waals surface area contributed by atoms with Crippen LogP contribution in [0.3, 0.4) is 0 Å². The fourth-order valence-electron chi connectivity index (χ4n) is 4.45. The molecule has 0 radical (unpaired) electrons. The summed E-state index contributed by atoms with van der Waals surface area (Å²) in [7, 11) is 0. The smallest absolute Gasteiger partial charge is 0.231 e. The van der Waals surface area contributed by atoms with Crippen molar-refractivity contribution in [2.24, 2.45) is 0 Å². The molecule has 1 atom stereocenters. The number of carbonyl (C=O) groups is 1. The number of anilines is 2. The molecular weight excluding hydrogens is 401 g/mol. The van der Waals surface area contributed by atoms with Crippen LogP contribution >= 0.6 is 0 Å². The fourth-order valence-corrected chi connectivity index (χ4v) is 4.45. The summed E-state index contributed by atoms with van der Waals surface area (Å²) >= 11 is 0. The van der Waals surface area contributed by atoms with Gasteiger partial charge in [0.2, 0.25) is 17.8 Å². The Balaban J connectivity index is 1.53. The van der Waals surface area contributed by atoms with Gasteiger partial charge in [0, 0.05) is 23.8 Å². The molecule has 2 aromatic rings. The summed E-state index contributed by atoms with van der Waals surface area (Å²) in [6.45, 7) is 4.73. The number of aliphatic hydroxyl groups excluding tert-OH is 1. The molecule has 3 N–H and O–H groups in total. The lowest BCUT2D eigenvalue weighted by Gasteiger charge is -2.26. The third-order valence-corrected chi connectivity index (χ3v) is 6.18. The van der Waals surface area contributed by atoms with Gasteiger partial charge in [-0.25, -0.2) is 4.39 Å². The van der Waals surface area contributed by atoms with E-state index in [9.17, 15) is 14.3 Å². The Hall–Kier alpha value is -3.01. The summed E-state index contributed by atoms with van der Waals surface area (Å²) in [5.41, 5.74) is 2.71. The summed E-state index contributed by atoms with van der Waals surface area (Å²) in [5, 5.41) is 20.3. The van der Waals surface area contributed by atoms with Crippen molar-refractivity contribution in [3.63, 3.8) is 0 Å². The van der Waals surface area contributed by atoms with E-state index in [0.717, 1.165) is 36.8 Å². The molecule has 1 aliphatic carbocycles. The van der Waals surface area contributed by atoms with Crippen LogP contribution in [0.5, 0.6) is 0 Å². The van der Waals surface area contributed by atoms with Crippen LogP contribution in [0, 0.1) is 0 Å². The second-order valence-electron chi connectivity index (χ2n) is 8.54. The molecule has 0 unspecified atom stereocenters. The zero-order valence-electron chi connectivity index (χ0n) is 17.2. The standard InChI is InChI=1S/C21H26FN7O2/c1-12-13(9-18(31)24-12)8-14-10-23-29-19(14)26-20(25-16-2-4-17(30)5-3-16)27-21(29)28-7-6-15(22)11-28/h8,10,15-17,30H,1-7,9,11H2,(H,24,31)(H,25,26)/b13-8+/t15-,16-,17-/m1/s1. The number of fused-ring (bicyclic) bond motifs is 1. The number of carbonyl (C=O) groups excluding carboxylic acids is 1. The van der Waals surface area contributed by atoms with E-state index < -0.39 is 6.17 Å². The van der Waals surface area contributed by atoms with Crippen molar-refractivity contribution >= 4 is 29.5 Å². The zero-order valence-corrected chi connectivity index (χ0v) is 17.2. The minimum absolute atomic E-state index is 0.0871. The second-order valence-corrected chi connectivity index (χ2v) is 8.54. The number of nitrogens with zero attached hydrogens (tertiary/aromatic N) is 5. The molecule has 2 aliphatic heterocycles. The molecule has 5 rings (SSSR count). The Morgan fingerprint density at radius 2 is 2.06 bits per heavy atom. The number of aliphatic hydroxyl groups is 1. The first-order chi connectivity index (χ1) is 15.0. The number of hydrogen-bond acceptors (Lipinski definition) is 7. The molecule has 1 saturated carbocycles. The van der Waals surface area contributed by atoms with Crippen molar-refractivity contribution in [2.75, 3.05) is 23.3 Å². The average molecular weight is 427 g/mol. The highest BCUT2D eigenvalue weighted by atomic mass is 19.1. The molecular formula is C21H26FN7O2. The van der Waals surface area contributed by atoms with E-state index in [4.69, 9.17) is 4.98 Å². The summed E-state index contributed by atoms with van der Waals surface area (Å²) in [5.74, 6) is 0.925. The highest BCUT2D eigenvalue weighted by Crippen LogP contribution is 2.28. The van der Waals surface area contributed by atoms with E-state index in [1.807, 2.05) is 11.0 Å². The molecule has 10 heteroatoms. The highest BCUT2D eigenvalue weighted by Gasteiger charge is 2.28. The Morgan fingerprint density at radius 3 is 2.74 bits per heavy atom. The van der Waals surface area contributed by atoms with E-state index in [2.05, 4.69) is 27.3 Å². The quantitative estimate of drug-likeness (QED) is 0.683. The van der Waals surface area contributed by atoms with Crippen LogP contribution in [0.2, 0.25) is 0 Å². The maximum absolute atomic E-state index is 13.9. The van der Waals surface area contributed by atoms with Gasteiger partial charge in [0.15, 0.2) is 5.65 Å². The topological polar surface area (TPSA) is 108 Å². The predicted octanol–water partition coefficient (Wildman–Crippen LogP) is 1.80. The van der Waals surface area contributed by atoms with Gasteiger partial charge in [0.05, 0.1) is 25.3 Å². The average Bonchev–Trinajstić information content (AvgIpc) is 3.43. The van der Waals surface area contributed by atoms with Gasteiger partial charge in [-0.1, -0.05) is 6.58 Å². The first-order valence-electron chi connectivity index (χ1n) is 10.8. The van der Waals surface area contributed by atoms with Gasteiger partial charge in [0.1, 0.15) is 6.17 Å². The number of hydrogen-bond donors (Lipinski definition) is 3. The molecule has 2 aromatic heterocycles. The van der Waals surface area contributed by atoms with Crippen LogP contribution in [0.15, 0.2) is 24.0 Å². The first-order valence-corrected chi connectivity index (χ1v) is 10.8. The van der Waals surface area contributed by atoms with E-state index in [1.54, 1.807) is 10.7 Å². The maximum Gasteiger partial charge on any atom is 0.231 e. The van der Waals surface area contributed by atoms with Gasteiger partial charge in [-0.3, -0.25) is 4.79 Å². The van der Waals surface area contributed by atoms with Gasteiger partial charge in [-0.05, 0) is 43.8 Å². The summed E-state index contributed by atoms with van der Waals surface area (Å²) in [6.07, 6.45) is 6.30. The molecule has 9 nitrogen and oxygen atoms in total. The molecule has 0 spiro atoms. The second kappa shape index (κ2) is 7.92. The highest BCUT2D eigenvalue weighted by molar-refractivity contribution is 5.89. The molecule has 4 heterocycles. The van der Waals surface area contributed by atoms with E-state index >= 15 is 0 Å². The van der Waals surface area contributed by atoms with Crippen molar-refractivity contribution in [3.05, 3.63) is 29.6 Å². The molecule has 1 amide bonds. The van der Waals surface area contributed by atoms with E-state index in [-0.39, 0.29) is 31.0 Å². The van der Waals surface area contributed by atoms with Crippen molar-refractivity contribution in [2.45, 2.75) is 56.8 Å². The monoisotopic (exact) mass is 427 g/mol. The molecule has 0 bridgehead atoms. The van der Waals surface area contributed by atoms with E-state index in [0.29, 0.717) is 36.2 Å². The van der Waals surface area contributed by atoms with Gasteiger partial charge in [0.25, 0.3) is 0 Å². The van der Waals surface area contributed by atoms with Gasteiger partial charge in [-0.2, -0.15) is 19.6 Å². The molecule has 2 saturated heterocycles. The SMILES string of the molecule is C=C1NC(=O)C/C1=C\c1cnn2c(N3CC[C@@H](F)C3)nc(N[C@H]3CC[C@H](O)CC3)nc12. The minimum atomic E-state index is -0.891. The first kappa shape index (κ1) is 19.9. The molecule has 31 heavy (non-hydrogen) atoms. The third kappa shape index (κ3) is 3.99. The number of alkyl halides is 1. The van der Waals surface area contributed by atoms with Crippen molar-refractivity contribution in [1.29, 1.82) is 0 Å². The number of rotatable bonds is 4. The summed E-state index contributed by atoms with van der Waals surface area (Å²) in [6, 6.07) is 0.173. The number of nitrogens with one attached hydrogen (secondary N) is 2. The summed E-state index contributed by atoms with van der Waals surface area (Å²) < 4.78 is 15.5. The predicted molar refractivity (Wildman–Crippen MR) is 114 cm³/mol. The maximum atomic E-state index is 13.9. The minimum Gasteiger partial charge on any atom is -0.393 e. The lowest BCUT2D eigenvalue weighted by atomic mass is 9.93. The van der Waals surface area contributed by atoms with Crippen LogP contribution in [0.1, 0.15) is 44.1 Å². The van der Waals surface area contributed by atoms with Crippen LogP contribution in [-0.2, 0) is 4.79 Å². The van der Waals surface area contributed by atoms with Crippen molar-refractivity contribution in [1.82, 2.24) is 24.9 Å². The number of amides is 1. The zero-order chi connectivity index (χ0) is 21.5. The number of halogens is 1. The number of aromatic nitrogens is 4. The number of allylic oxidation sites excluding steroid dienone is 1. The van der Waals surface area contributed by atoms with E-state index in [1.165, 1.54) is 0 Å². The van der Waals surface area contributed by atoms with Gasteiger partial charge in [-0.15, -0.1) is 0 Å². The molecule has 0 aromatic carbocycles. The normalized spacial score (nSPS) is 28.0. The van der Waals surface area contributed by atoms with Gasteiger partial charge < -0.3 is 20.6 Å². The van der Waals surface area contributed by atoms with Crippen LogP contribution in [0.25, 0.3) is 11.7 Å². The Kier molecular flexibility index (Phi) is 5.09. The van der Waals surface area contributed by atoms with Crippen LogP contribution in [0.4, 0.5) is 16.3 Å². The molecule has 3 aliphatic rings. The molecule has 164 valence electrons. The fraction of sp³-hybridized carbons (Fsp3) is 0.524. The van der Waals surface area contributed by atoms with Crippen LogP contribution in [-0.4, -0.2) is 62.0 Å². The Bertz CT molecular complexity index is 1060. The largest absolute Gasteiger partial charge is 0.393 e. The van der Waals surface area contributed by atoms with Crippen molar-refractivity contribution in [3.8, 4) is 0 Å². The lowest BCUT2D eigenvalue weighted by Crippen LogP contribution is -2.30. The molecule has 3 fully saturated rings. The van der Waals surface area contributed by atoms with Crippen LogP contribution < -0.4 is 15.5 Å².